The molecular weight excluding hydrogens is 228 g/mol. The molecule has 7 heteroatoms. The van der Waals surface area contributed by atoms with Crippen LogP contribution in [0, 0.1) is 10.1 Å². The van der Waals surface area contributed by atoms with E-state index in [1.165, 1.54) is 26.2 Å². The number of aliphatic hydroxyl groups excluding tert-OH is 1. The fourth-order valence-corrected chi connectivity index (χ4v) is 1.37. The molecular formula is C10H12N2O5. The molecule has 0 aliphatic heterocycles. The number of hydrogen-bond donors (Lipinski definition) is 2. The Balaban J connectivity index is 3.34. The van der Waals surface area contributed by atoms with Crippen molar-refractivity contribution in [3.8, 4) is 5.75 Å². The maximum Gasteiger partial charge on any atom is 0.293 e. The molecule has 0 heterocycles. The number of nitrogens with zero attached hydrogens (tertiary/aromatic N) is 1. The van der Waals surface area contributed by atoms with Gasteiger partial charge in [-0.25, -0.2) is 0 Å². The fourth-order valence-electron chi connectivity index (χ4n) is 1.37. The number of anilines is 1. The smallest absolute Gasteiger partial charge is 0.293 e. The number of aliphatic hydroxyl groups is 1. The Morgan fingerprint density at radius 3 is 2.65 bits per heavy atom. The van der Waals surface area contributed by atoms with E-state index in [-0.39, 0.29) is 29.3 Å². The SMILES string of the molecule is COc1cc(NC(C)=O)c([N+](=O)[O-])cc1CO. The van der Waals surface area contributed by atoms with E-state index >= 15 is 0 Å². The molecule has 1 aromatic rings. The van der Waals surface area contributed by atoms with Gasteiger partial charge in [0.1, 0.15) is 11.4 Å². The number of nitro groups is 1. The van der Waals surface area contributed by atoms with Gasteiger partial charge in [-0.3, -0.25) is 14.9 Å². The maximum atomic E-state index is 10.9. The molecule has 0 radical (unpaired) electrons. The van der Waals surface area contributed by atoms with Crippen molar-refractivity contribution >= 4 is 17.3 Å². The largest absolute Gasteiger partial charge is 0.496 e. The lowest BCUT2D eigenvalue weighted by Crippen LogP contribution is -2.09. The van der Waals surface area contributed by atoms with E-state index < -0.39 is 10.8 Å². The Labute approximate surface area is 97.2 Å². The van der Waals surface area contributed by atoms with E-state index in [9.17, 15) is 14.9 Å². The summed E-state index contributed by atoms with van der Waals surface area (Å²) in [5, 5.41) is 22.2. The lowest BCUT2D eigenvalue weighted by atomic mass is 10.1. The molecule has 0 aromatic heterocycles. The van der Waals surface area contributed by atoms with Crippen molar-refractivity contribution in [3.05, 3.63) is 27.8 Å². The van der Waals surface area contributed by atoms with Gasteiger partial charge in [-0.05, 0) is 0 Å². The zero-order valence-corrected chi connectivity index (χ0v) is 9.39. The van der Waals surface area contributed by atoms with Crippen molar-refractivity contribution in [3.63, 3.8) is 0 Å². The van der Waals surface area contributed by atoms with Crippen molar-refractivity contribution < 1.29 is 19.6 Å². The second kappa shape index (κ2) is 5.26. The van der Waals surface area contributed by atoms with Gasteiger partial charge in [0, 0.05) is 24.6 Å². The highest BCUT2D eigenvalue weighted by Crippen LogP contribution is 2.32. The molecule has 0 unspecified atom stereocenters. The van der Waals surface area contributed by atoms with Crippen LogP contribution in [0.15, 0.2) is 12.1 Å². The second-order valence-corrected chi connectivity index (χ2v) is 3.28. The molecule has 0 aliphatic carbocycles. The molecule has 2 N–H and O–H groups in total. The highest BCUT2D eigenvalue weighted by Gasteiger charge is 2.19. The first-order valence-electron chi connectivity index (χ1n) is 4.73. The lowest BCUT2D eigenvalue weighted by Gasteiger charge is -2.10. The first-order chi connectivity index (χ1) is 7.99. The summed E-state index contributed by atoms with van der Waals surface area (Å²) in [7, 11) is 1.37. The van der Waals surface area contributed by atoms with E-state index in [1.807, 2.05) is 0 Å². The van der Waals surface area contributed by atoms with Gasteiger partial charge >= 0.3 is 0 Å². The quantitative estimate of drug-likeness (QED) is 0.605. The van der Waals surface area contributed by atoms with Crippen molar-refractivity contribution in [2.45, 2.75) is 13.5 Å². The normalized spacial score (nSPS) is 9.82. The number of hydrogen-bond acceptors (Lipinski definition) is 5. The molecule has 0 fully saturated rings. The van der Waals surface area contributed by atoms with Gasteiger partial charge in [-0.1, -0.05) is 0 Å². The fraction of sp³-hybridized carbons (Fsp3) is 0.300. The number of methoxy groups -OCH3 is 1. The number of carbonyl (C=O) groups is 1. The summed E-state index contributed by atoms with van der Waals surface area (Å²) in [5.74, 6) is -0.145. The molecule has 7 nitrogen and oxygen atoms in total. The minimum Gasteiger partial charge on any atom is -0.496 e. The molecule has 1 rings (SSSR count). The van der Waals surface area contributed by atoms with Crippen LogP contribution in [0.3, 0.4) is 0 Å². The summed E-state index contributed by atoms with van der Waals surface area (Å²) in [6.07, 6.45) is 0. The van der Waals surface area contributed by atoms with Gasteiger partial charge in [0.15, 0.2) is 0 Å². The van der Waals surface area contributed by atoms with Crippen LogP contribution >= 0.6 is 0 Å². The van der Waals surface area contributed by atoms with E-state index in [1.54, 1.807) is 0 Å². The number of nitrogens with one attached hydrogen (secondary N) is 1. The van der Waals surface area contributed by atoms with Crippen LogP contribution in [0.25, 0.3) is 0 Å². The summed E-state index contributed by atoms with van der Waals surface area (Å²) in [6.45, 7) is 0.862. The summed E-state index contributed by atoms with van der Waals surface area (Å²) in [6, 6.07) is 2.48. The van der Waals surface area contributed by atoms with Gasteiger partial charge in [-0.15, -0.1) is 0 Å². The lowest BCUT2D eigenvalue weighted by molar-refractivity contribution is -0.384. The second-order valence-electron chi connectivity index (χ2n) is 3.28. The highest BCUT2D eigenvalue weighted by atomic mass is 16.6. The third-order valence-corrected chi connectivity index (χ3v) is 2.08. The van der Waals surface area contributed by atoms with Crippen molar-refractivity contribution in [1.29, 1.82) is 0 Å². The number of nitro benzene ring substituents is 1. The summed E-state index contributed by atoms with van der Waals surface area (Å²) >= 11 is 0. The molecule has 0 saturated heterocycles. The standard InChI is InChI=1S/C10H12N2O5/c1-6(14)11-8-4-10(17-2)7(5-13)3-9(8)12(15)16/h3-4,13H,5H2,1-2H3,(H,11,14). The van der Waals surface area contributed by atoms with E-state index in [0.717, 1.165) is 0 Å². The van der Waals surface area contributed by atoms with Crippen molar-refractivity contribution in [2.24, 2.45) is 0 Å². The maximum absolute atomic E-state index is 10.9. The monoisotopic (exact) mass is 240 g/mol. The van der Waals surface area contributed by atoms with Gasteiger partial charge in [0.2, 0.25) is 5.91 Å². The zero-order chi connectivity index (χ0) is 13.0. The minimum absolute atomic E-state index is 0.0385. The predicted molar refractivity (Wildman–Crippen MR) is 59.9 cm³/mol. The van der Waals surface area contributed by atoms with Gasteiger partial charge in [0.05, 0.1) is 18.6 Å². The number of benzene rings is 1. The summed E-state index contributed by atoms with van der Waals surface area (Å²) in [4.78, 5) is 21.1. The first kappa shape index (κ1) is 12.9. The van der Waals surface area contributed by atoms with Crippen LogP contribution in [0.5, 0.6) is 5.75 Å². The number of ether oxygens (including phenoxy) is 1. The average Bonchev–Trinajstić information content (AvgIpc) is 2.27. The third-order valence-electron chi connectivity index (χ3n) is 2.08. The topological polar surface area (TPSA) is 102 Å². The highest BCUT2D eigenvalue weighted by molar-refractivity contribution is 5.91. The molecule has 92 valence electrons. The van der Waals surface area contributed by atoms with Crippen LogP contribution in [-0.2, 0) is 11.4 Å². The third kappa shape index (κ3) is 2.91. The molecule has 0 aliphatic rings. The van der Waals surface area contributed by atoms with Crippen molar-refractivity contribution in [2.75, 3.05) is 12.4 Å². The Morgan fingerprint density at radius 1 is 1.59 bits per heavy atom. The Kier molecular flexibility index (Phi) is 4.00. The number of rotatable bonds is 4. The average molecular weight is 240 g/mol. The van der Waals surface area contributed by atoms with Gasteiger partial charge in [0.25, 0.3) is 5.69 Å². The molecule has 17 heavy (non-hydrogen) atoms. The molecule has 0 atom stereocenters. The molecule has 0 bridgehead atoms. The van der Waals surface area contributed by atoms with Gasteiger partial charge in [-0.2, -0.15) is 0 Å². The molecule has 1 amide bonds. The van der Waals surface area contributed by atoms with Crippen LogP contribution in [0.1, 0.15) is 12.5 Å². The Morgan fingerprint density at radius 2 is 2.24 bits per heavy atom. The van der Waals surface area contributed by atoms with E-state index in [0.29, 0.717) is 0 Å². The van der Waals surface area contributed by atoms with Crippen molar-refractivity contribution in [1.82, 2.24) is 0 Å². The molecule has 0 saturated carbocycles. The number of carbonyl (C=O) groups excluding carboxylic acids is 1. The van der Waals surface area contributed by atoms with Crippen LogP contribution in [0.4, 0.5) is 11.4 Å². The molecule has 1 aromatic carbocycles. The zero-order valence-electron chi connectivity index (χ0n) is 9.39. The summed E-state index contributed by atoms with van der Waals surface area (Å²) < 4.78 is 4.96. The van der Waals surface area contributed by atoms with Gasteiger partial charge < -0.3 is 15.2 Å². The van der Waals surface area contributed by atoms with Crippen LogP contribution < -0.4 is 10.1 Å². The Hall–Kier alpha value is -2.15. The summed E-state index contributed by atoms with van der Waals surface area (Å²) in [5.41, 5.74) is 0.0369. The van der Waals surface area contributed by atoms with E-state index in [4.69, 9.17) is 9.84 Å². The van der Waals surface area contributed by atoms with Crippen LogP contribution in [0.2, 0.25) is 0 Å². The number of amides is 1. The predicted octanol–water partition coefficient (Wildman–Crippen LogP) is 1.05. The minimum atomic E-state index is -0.635. The Bertz CT molecular complexity index is 458. The first-order valence-corrected chi connectivity index (χ1v) is 4.73. The van der Waals surface area contributed by atoms with Crippen LogP contribution in [-0.4, -0.2) is 23.0 Å². The molecule has 0 spiro atoms. The van der Waals surface area contributed by atoms with E-state index in [2.05, 4.69) is 5.32 Å².